The van der Waals surface area contributed by atoms with Crippen molar-refractivity contribution in [1.29, 1.82) is 0 Å². The van der Waals surface area contributed by atoms with Gasteiger partial charge in [-0.3, -0.25) is 0 Å². The molecule has 0 aliphatic heterocycles. The molecule has 0 radical (unpaired) electrons. The van der Waals surface area contributed by atoms with Crippen LogP contribution in [0, 0.1) is 5.92 Å². The van der Waals surface area contributed by atoms with Crippen LogP contribution in [0.5, 0.6) is 0 Å². The van der Waals surface area contributed by atoms with E-state index in [1.165, 1.54) is 0 Å². The molecule has 0 saturated heterocycles. The fourth-order valence-corrected chi connectivity index (χ4v) is 2.74. The molecule has 1 aromatic rings. The third-order valence-corrected chi connectivity index (χ3v) is 4.00. The number of anilines is 1. The molecule has 3 nitrogen and oxygen atoms in total. The summed E-state index contributed by atoms with van der Waals surface area (Å²) in [7, 11) is 0. The third-order valence-electron chi connectivity index (χ3n) is 4.00. The van der Waals surface area contributed by atoms with Gasteiger partial charge in [0.1, 0.15) is 0 Å². The van der Waals surface area contributed by atoms with E-state index in [2.05, 4.69) is 0 Å². The molecule has 1 aliphatic carbocycles. The number of esters is 1. The van der Waals surface area contributed by atoms with E-state index in [0.29, 0.717) is 37.1 Å². The molecule has 0 unspecified atom stereocenters. The lowest BCUT2D eigenvalue weighted by atomic mass is 9.82. The van der Waals surface area contributed by atoms with E-state index in [-0.39, 0.29) is 18.8 Å². The Balaban J connectivity index is 2.00. The van der Waals surface area contributed by atoms with Gasteiger partial charge in [0.15, 0.2) is 0 Å². The Bertz CT molecular complexity index is 507. The van der Waals surface area contributed by atoms with Crippen molar-refractivity contribution in [1.82, 2.24) is 0 Å². The predicted octanol–water partition coefficient (Wildman–Crippen LogP) is 3.81. The first-order valence-corrected chi connectivity index (χ1v) is 7.34. The highest BCUT2D eigenvalue weighted by molar-refractivity contribution is 5.90. The lowest BCUT2D eigenvalue weighted by Gasteiger charge is -2.28. The molecule has 0 spiro atoms. The maximum Gasteiger partial charge on any atom is 0.338 e. The van der Waals surface area contributed by atoms with E-state index in [9.17, 15) is 13.6 Å². The molecule has 2 N–H and O–H groups in total. The summed E-state index contributed by atoms with van der Waals surface area (Å²) in [5.74, 6) is -2.66. The Hall–Kier alpha value is -1.65. The van der Waals surface area contributed by atoms with Gasteiger partial charge >= 0.3 is 5.97 Å². The molecule has 5 heteroatoms. The van der Waals surface area contributed by atoms with E-state index < -0.39 is 11.9 Å². The third kappa shape index (κ3) is 4.16. The van der Waals surface area contributed by atoms with Gasteiger partial charge in [-0.15, -0.1) is 0 Å². The smallest absolute Gasteiger partial charge is 0.338 e. The Morgan fingerprint density at radius 2 is 2.05 bits per heavy atom. The molecular weight excluding hydrogens is 276 g/mol. The minimum Gasteiger partial charge on any atom is -0.462 e. The monoisotopic (exact) mass is 297 g/mol. The Morgan fingerprint density at radius 1 is 1.38 bits per heavy atom. The van der Waals surface area contributed by atoms with Crippen molar-refractivity contribution in [2.45, 2.75) is 45.0 Å². The molecule has 1 aromatic carbocycles. The Labute approximate surface area is 123 Å². The molecule has 2 rings (SSSR count). The number of rotatable bonds is 4. The highest BCUT2D eigenvalue weighted by Gasteiger charge is 2.34. The summed E-state index contributed by atoms with van der Waals surface area (Å²) >= 11 is 0. The summed E-state index contributed by atoms with van der Waals surface area (Å²) in [5, 5.41) is 0. The summed E-state index contributed by atoms with van der Waals surface area (Å²) in [4.78, 5) is 11.6. The summed E-state index contributed by atoms with van der Waals surface area (Å²) in [6.45, 7) is 2.06. The van der Waals surface area contributed by atoms with Gasteiger partial charge in [0, 0.05) is 18.5 Å². The SMILES string of the molecule is CCOC(=O)c1ccc(CC2CCC(F)(F)CC2)c(N)c1. The minimum atomic E-state index is -2.50. The lowest BCUT2D eigenvalue weighted by molar-refractivity contribution is -0.0456. The second kappa shape index (κ2) is 6.41. The van der Waals surface area contributed by atoms with Crippen LogP contribution in [0.25, 0.3) is 0 Å². The number of alkyl halides is 2. The highest BCUT2D eigenvalue weighted by atomic mass is 19.3. The van der Waals surface area contributed by atoms with Crippen LogP contribution in [-0.2, 0) is 11.2 Å². The van der Waals surface area contributed by atoms with Gasteiger partial charge in [-0.2, -0.15) is 0 Å². The number of benzene rings is 1. The fourth-order valence-electron chi connectivity index (χ4n) is 2.74. The second-order valence-electron chi connectivity index (χ2n) is 5.64. The van der Waals surface area contributed by atoms with Crippen LogP contribution in [0.15, 0.2) is 18.2 Å². The first-order chi connectivity index (χ1) is 9.91. The van der Waals surface area contributed by atoms with E-state index in [4.69, 9.17) is 10.5 Å². The zero-order valence-corrected chi connectivity index (χ0v) is 12.2. The first kappa shape index (κ1) is 15.7. The number of halogens is 2. The molecule has 1 saturated carbocycles. The normalized spacial score (nSPS) is 18.4. The van der Waals surface area contributed by atoms with Crippen LogP contribution >= 0.6 is 0 Å². The summed E-state index contributed by atoms with van der Waals surface area (Å²) in [5.41, 5.74) is 7.84. The van der Waals surface area contributed by atoms with Gasteiger partial charge in [-0.05, 0) is 49.8 Å². The van der Waals surface area contributed by atoms with Crippen molar-refractivity contribution in [2.24, 2.45) is 5.92 Å². The number of ether oxygens (including phenoxy) is 1. The Morgan fingerprint density at radius 3 is 2.62 bits per heavy atom. The van der Waals surface area contributed by atoms with Crippen molar-refractivity contribution in [2.75, 3.05) is 12.3 Å². The predicted molar refractivity (Wildman–Crippen MR) is 77.4 cm³/mol. The molecule has 0 amide bonds. The molecule has 21 heavy (non-hydrogen) atoms. The topological polar surface area (TPSA) is 52.3 Å². The molecule has 0 bridgehead atoms. The van der Waals surface area contributed by atoms with Crippen LogP contribution in [0.3, 0.4) is 0 Å². The van der Waals surface area contributed by atoms with Crippen LogP contribution in [0.1, 0.15) is 48.5 Å². The van der Waals surface area contributed by atoms with Gasteiger partial charge in [-0.1, -0.05) is 6.07 Å². The van der Waals surface area contributed by atoms with Crippen LogP contribution in [0.2, 0.25) is 0 Å². The minimum absolute atomic E-state index is 0.0432. The van der Waals surface area contributed by atoms with E-state index in [0.717, 1.165) is 5.56 Å². The van der Waals surface area contributed by atoms with Crippen molar-refractivity contribution >= 4 is 11.7 Å². The van der Waals surface area contributed by atoms with Gasteiger partial charge in [0.05, 0.1) is 12.2 Å². The maximum atomic E-state index is 13.1. The zero-order chi connectivity index (χ0) is 15.5. The van der Waals surface area contributed by atoms with Crippen molar-refractivity contribution < 1.29 is 18.3 Å². The number of carbonyl (C=O) groups excluding carboxylic acids is 1. The maximum absolute atomic E-state index is 13.1. The summed E-state index contributed by atoms with van der Waals surface area (Å²) in [6, 6.07) is 5.08. The van der Waals surface area contributed by atoms with Gasteiger partial charge in [-0.25, -0.2) is 13.6 Å². The molecule has 116 valence electrons. The first-order valence-electron chi connectivity index (χ1n) is 7.34. The van der Waals surface area contributed by atoms with Gasteiger partial charge in [0.2, 0.25) is 5.92 Å². The van der Waals surface area contributed by atoms with Crippen LogP contribution in [-0.4, -0.2) is 18.5 Å². The number of nitrogen functional groups attached to an aromatic ring is 1. The number of hydrogen-bond donors (Lipinski definition) is 1. The molecule has 1 fully saturated rings. The number of carbonyl (C=O) groups is 1. The van der Waals surface area contributed by atoms with Crippen molar-refractivity contribution in [3.8, 4) is 0 Å². The quantitative estimate of drug-likeness (QED) is 0.679. The second-order valence-corrected chi connectivity index (χ2v) is 5.64. The van der Waals surface area contributed by atoms with Crippen LogP contribution in [0.4, 0.5) is 14.5 Å². The Kier molecular flexibility index (Phi) is 4.80. The molecule has 0 aromatic heterocycles. The molecule has 0 atom stereocenters. The van der Waals surface area contributed by atoms with E-state index >= 15 is 0 Å². The molecular formula is C16H21F2NO2. The standard InChI is InChI=1S/C16H21F2NO2/c1-2-21-15(20)13-4-3-12(14(19)10-13)9-11-5-7-16(17,18)8-6-11/h3-4,10-11H,2,5-9,19H2,1H3. The average molecular weight is 297 g/mol. The highest BCUT2D eigenvalue weighted by Crippen LogP contribution is 2.38. The summed E-state index contributed by atoms with van der Waals surface area (Å²) in [6.07, 6.45) is 1.64. The number of nitrogens with two attached hydrogens (primary N) is 1. The molecule has 1 aliphatic rings. The van der Waals surface area contributed by atoms with E-state index in [1.807, 2.05) is 0 Å². The lowest BCUT2D eigenvalue weighted by Crippen LogP contribution is -2.25. The summed E-state index contributed by atoms with van der Waals surface area (Å²) < 4.78 is 31.2. The zero-order valence-electron chi connectivity index (χ0n) is 12.2. The van der Waals surface area contributed by atoms with Crippen molar-refractivity contribution in [3.63, 3.8) is 0 Å². The average Bonchev–Trinajstić information content (AvgIpc) is 2.43. The van der Waals surface area contributed by atoms with E-state index in [1.54, 1.807) is 25.1 Å². The van der Waals surface area contributed by atoms with Crippen molar-refractivity contribution in [3.05, 3.63) is 29.3 Å². The fraction of sp³-hybridized carbons (Fsp3) is 0.562. The van der Waals surface area contributed by atoms with Crippen LogP contribution < -0.4 is 5.73 Å². The number of hydrogen-bond acceptors (Lipinski definition) is 3. The largest absolute Gasteiger partial charge is 0.462 e. The van der Waals surface area contributed by atoms with Gasteiger partial charge in [0.25, 0.3) is 0 Å². The van der Waals surface area contributed by atoms with Gasteiger partial charge < -0.3 is 10.5 Å². The molecule has 0 heterocycles.